The standard InChI is InChI=1S/C21H22Br2N2O5/c1-21(2,3)12-5-6-13-14(8-12)30-16(10-29-13)20(27)25-24-9-11-7-15(28-4)19(26)18(23)17(11)22/h5-9,16,26H,10H2,1-4H3,(H,25,27)/b24-9+. The van der Waals surface area contributed by atoms with Gasteiger partial charge < -0.3 is 19.3 Å². The molecule has 0 radical (unpaired) electrons. The van der Waals surface area contributed by atoms with E-state index < -0.39 is 12.0 Å². The number of rotatable bonds is 4. The van der Waals surface area contributed by atoms with E-state index in [1.54, 1.807) is 6.07 Å². The number of hydrazone groups is 1. The van der Waals surface area contributed by atoms with Gasteiger partial charge in [0.1, 0.15) is 6.61 Å². The molecule has 2 aromatic rings. The number of benzene rings is 2. The number of nitrogens with zero attached hydrogens (tertiary/aromatic N) is 1. The lowest BCUT2D eigenvalue weighted by atomic mass is 9.87. The number of nitrogens with one attached hydrogen (secondary N) is 1. The molecule has 1 aliphatic rings. The van der Waals surface area contributed by atoms with Crippen molar-refractivity contribution in [2.24, 2.45) is 5.10 Å². The molecule has 1 amide bonds. The minimum Gasteiger partial charge on any atom is -0.503 e. The van der Waals surface area contributed by atoms with E-state index in [-0.39, 0.29) is 23.5 Å². The summed E-state index contributed by atoms with van der Waals surface area (Å²) >= 11 is 6.65. The number of ether oxygens (including phenoxy) is 3. The summed E-state index contributed by atoms with van der Waals surface area (Å²) in [5, 5.41) is 14.0. The third-order valence-corrected chi connectivity index (χ3v) is 6.69. The van der Waals surface area contributed by atoms with Gasteiger partial charge in [0.05, 0.1) is 17.8 Å². The maximum Gasteiger partial charge on any atom is 0.284 e. The smallest absolute Gasteiger partial charge is 0.284 e. The lowest BCUT2D eigenvalue weighted by Crippen LogP contribution is -2.42. The number of halogens is 2. The van der Waals surface area contributed by atoms with Gasteiger partial charge in [-0.1, -0.05) is 26.8 Å². The first-order valence-electron chi connectivity index (χ1n) is 9.13. The molecule has 3 rings (SSSR count). The van der Waals surface area contributed by atoms with Crippen LogP contribution in [0.5, 0.6) is 23.0 Å². The molecule has 0 saturated heterocycles. The van der Waals surface area contributed by atoms with Gasteiger partial charge in [0.2, 0.25) is 6.10 Å². The van der Waals surface area contributed by atoms with E-state index in [1.165, 1.54) is 13.3 Å². The van der Waals surface area contributed by atoms with Crippen LogP contribution in [0, 0.1) is 0 Å². The maximum absolute atomic E-state index is 12.5. The van der Waals surface area contributed by atoms with Gasteiger partial charge in [-0.15, -0.1) is 0 Å². The van der Waals surface area contributed by atoms with E-state index in [0.29, 0.717) is 26.0 Å². The highest BCUT2D eigenvalue weighted by Crippen LogP contribution is 2.41. The molecule has 0 aliphatic carbocycles. The molecule has 9 heteroatoms. The number of fused-ring (bicyclic) bond motifs is 1. The van der Waals surface area contributed by atoms with Gasteiger partial charge >= 0.3 is 0 Å². The molecule has 30 heavy (non-hydrogen) atoms. The summed E-state index contributed by atoms with van der Waals surface area (Å²) in [6.45, 7) is 6.40. The first kappa shape index (κ1) is 22.4. The fourth-order valence-corrected chi connectivity index (χ4v) is 3.60. The van der Waals surface area contributed by atoms with E-state index >= 15 is 0 Å². The minimum atomic E-state index is -0.825. The Morgan fingerprint density at radius 3 is 2.67 bits per heavy atom. The Kier molecular flexibility index (Phi) is 6.62. The second kappa shape index (κ2) is 8.85. The van der Waals surface area contributed by atoms with Gasteiger partial charge in [-0.3, -0.25) is 4.79 Å². The molecule has 160 valence electrons. The second-order valence-electron chi connectivity index (χ2n) is 7.71. The van der Waals surface area contributed by atoms with Crippen molar-refractivity contribution in [3.8, 4) is 23.0 Å². The van der Waals surface area contributed by atoms with Crippen LogP contribution in [0.15, 0.2) is 38.3 Å². The highest BCUT2D eigenvalue weighted by molar-refractivity contribution is 9.13. The SMILES string of the molecule is COc1cc(/C=N/NC(=O)C2COc3ccc(C(C)(C)C)cc3O2)c(Br)c(Br)c1O. The average molecular weight is 542 g/mol. The predicted molar refractivity (Wildman–Crippen MR) is 121 cm³/mol. The van der Waals surface area contributed by atoms with Crippen LogP contribution in [-0.2, 0) is 10.2 Å². The monoisotopic (exact) mass is 540 g/mol. The van der Waals surface area contributed by atoms with E-state index in [9.17, 15) is 9.90 Å². The summed E-state index contributed by atoms with van der Waals surface area (Å²) in [5.74, 6) is 0.951. The first-order chi connectivity index (χ1) is 14.1. The van der Waals surface area contributed by atoms with Crippen molar-refractivity contribution in [2.75, 3.05) is 13.7 Å². The molecule has 1 heterocycles. The fourth-order valence-electron chi connectivity index (χ4n) is 2.77. The number of hydrogen-bond acceptors (Lipinski definition) is 6. The highest BCUT2D eigenvalue weighted by Gasteiger charge is 2.28. The van der Waals surface area contributed by atoms with Crippen molar-refractivity contribution in [2.45, 2.75) is 32.3 Å². The summed E-state index contributed by atoms with van der Waals surface area (Å²) in [4.78, 5) is 12.5. The van der Waals surface area contributed by atoms with Crippen molar-refractivity contribution < 1.29 is 24.1 Å². The van der Waals surface area contributed by atoms with E-state index in [4.69, 9.17) is 14.2 Å². The Bertz CT molecular complexity index is 1000. The molecule has 1 aliphatic heterocycles. The van der Waals surface area contributed by atoms with Crippen LogP contribution in [0.2, 0.25) is 0 Å². The Morgan fingerprint density at radius 1 is 1.27 bits per heavy atom. The molecule has 0 fully saturated rings. The third kappa shape index (κ3) is 4.73. The van der Waals surface area contributed by atoms with E-state index in [2.05, 4.69) is 63.2 Å². The van der Waals surface area contributed by atoms with Gasteiger partial charge in [0, 0.05) is 10.0 Å². The second-order valence-corrected chi connectivity index (χ2v) is 9.29. The van der Waals surface area contributed by atoms with Crippen LogP contribution < -0.4 is 19.6 Å². The molecule has 0 saturated carbocycles. The Labute approximate surface area is 191 Å². The summed E-state index contributed by atoms with van der Waals surface area (Å²) in [7, 11) is 1.45. The van der Waals surface area contributed by atoms with E-state index in [0.717, 1.165) is 5.56 Å². The Balaban J connectivity index is 1.70. The topological polar surface area (TPSA) is 89.4 Å². The van der Waals surface area contributed by atoms with E-state index in [1.807, 2.05) is 18.2 Å². The zero-order valence-electron chi connectivity index (χ0n) is 17.0. The first-order valence-corrected chi connectivity index (χ1v) is 10.7. The molecule has 0 aromatic heterocycles. The zero-order valence-corrected chi connectivity index (χ0v) is 20.1. The molecule has 7 nitrogen and oxygen atoms in total. The van der Waals surface area contributed by atoms with Crippen molar-refractivity contribution in [1.29, 1.82) is 0 Å². The Morgan fingerprint density at radius 2 is 2.00 bits per heavy atom. The summed E-state index contributed by atoms with van der Waals surface area (Å²) in [6.07, 6.45) is 0.610. The van der Waals surface area contributed by atoms with Crippen LogP contribution in [0.25, 0.3) is 0 Å². The van der Waals surface area contributed by atoms with Crippen LogP contribution in [0.1, 0.15) is 31.9 Å². The van der Waals surface area contributed by atoms with Crippen LogP contribution in [0.3, 0.4) is 0 Å². The highest BCUT2D eigenvalue weighted by atomic mass is 79.9. The minimum absolute atomic E-state index is 0.0355. The van der Waals surface area contributed by atoms with Gasteiger partial charge in [-0.05, 0) is 61.0 Å². The number of carbonyl (C=O) groups excluding carboxylic acids is 1. The van der Waals surface area contributed by atoms with Gasteiger partial charge in [-0.25, -0.2) is 5.43 Å². The van der Waals surface area contributed by atoms with Crippen molar-refractivity contribution in [3.05, 3.63) is 44.3 Å². The molecule has 0 spiro atoms. The number of aromatic hydroxyl groups is 1. The summed E-state index contributed by atoms with van der Waals surface area (Å²) < 4.78 is 17.6. The lowest BCUT2D eigenvalue weighted by Gasteiger charge is -2.27. The summed E-state index contributed by atoms with van der Waals surface area (Å²) in [5.41, 5.74) is 4.09. The lowest BCUT2D eigenvalue weighted by molar-refractivity contribution is -0.130. The molecule has 2 N–H and O–H groups in total. The maximum atomic E-state index is 12.5. The average Bonchev–Trinajstić information content (AvgIpc) is 2.72. The number of hydrogen-bond donors (Lipinski definition) is 2. The molecular weight excluding hydrogens is 520 g/mol. The normalized spacial score (nSPS) is 15.9. The van der Waals surface area contributed by atoms with Crippen molar-refractivity contribution >= 4 is 44.0 Å². The fraction of sp³-hybridized carbons (Fsp3) is 0.333. The number of amides is 1. The van der Waals surface area contributed by atoms with Gasteiger partial charge in [0.15, 0.2) is 23.0 Å². The quantitative estimate of drug-likeness (QED) is 0.439. The molecule has 2 aromatic carbocycles. The summed E-state index contributed by atoms with van der Waals surface area (Å²) in [6, 6.07) is 7.34. The molecule has 0 bridgehead atoms. The number of phenolic OH excluding ortho intramolecular Hbond substituents is 1. The third-order valence-electron chi connectivity index (χ3n) is 4.53. The number of methoxy groups -OCH3 is 1. The van der Waals surface area contributed by atoms with Crippen LogP contribution in [-0.4, -0.2) is 37.0 Å². The molecule has 1 atom stereocenters. The number of phenols is 1. The number of carbonyl (C=O) groups is 1. The van der Waals surface area contributed by atoms with Gasteiger partial charge in [0.25, 0.3) is 5.91 Å². The van der Waals surface area contributed by atoms with Crippen LogP contribution >= 0.6 is 31.9 Å². The van der Waals surface area contributed by atoms with Crippen molar-refractivity contribution in [1.82, 2.24) is 5.43 Å². The molecular formula is C21H22Br2N2O5. The van der Waals surface area contributed by atoms with Crippen LogP contribution in [0.4, 0.5) is 0 Å². The Hall–Kier alpha value is -2.26. The van der Waals surface area contributed by atoms with Crippen molar-refractivity contribution in [3.63, 3.8) is 0 Å². The largest absolute Gasteiger partial charge is 0.503 e. The zero-order chi connectivity index (χ0) is 22.1. The predicted octanol–water partition coefficient (Wildman–Crippen LogP) is 4.51. The van der Waals surface area contributed by atoms with Gasteiger partial charge in [-0.2, -0.15) is 5.10 Å². The molecule has 1 unspecified atom stereocenters.